The number of urea groups is 1. The number of hydrogen-bond acceptors (Lipinski definition) is 7. The molecule has 0 aliphatic carbocycles. The molecule has 25 heavy (non-hydrogen) atoms. The molecule has 1 aromatic carbocycles. The number of thioether (sulfide) groups is 1. The van der Waals surface area contributed by atoms with Crippen molar-refractivity contribution in [1.29, 1.82) is 5.26 Å². The molecule has 0 bridgehead atoms. The maximum atomic E-state index is 12.1. The first-order chi connectivity index (χ1) is 12.1. The van der Waals surface area contributed by atoms with Crippen LogP contribution in [0.3, 0.4) is 0 Å². The molecule has 1 heterocycles. The fraction of sp³-hybridized carbons (Fsp3) is 0.267. The van der Waals surface area contributed by atoms with Crippen LogP contribution in [0.4, 0.5) is 15.5 Å². The van der Waals surface area contributed by atoms with Crippen molar-refractivity contribution in [2.75, 3.05) is 37.2 Å². The number of amides is 2. The van der Waals surface area contributed by atoms with E-state index in [1.54, 1.807) is 19.2 Å². The predicted molar refractivity (Wildman–Crippen MR) is 100 cm³/mol. The van der Waals surface area contributed by atoms with Crippen molar-refractivity contribution in [3.63, 3.8) is 0 Å². The molecular weight excluding hydrogens is 384 g/mol. The number of hydrogen-bond donors (Lipinski definition) is 2. The zero-order chi connectivity index (χ0) is 18.2. The van der Waals surface area contributed by atoms with E-state index in [0.29, 0.717) is 34.7 Å². The van der Waals surface area contributed by atoms with Crippen molar-refractivity contribution >= 4 is 51.4 Å². The maximum Gasteiger partial charge on any atom is 0.324 e. The quantitative estimate of drug-likeness (QED) is 0.539. The molecule has 0 spiro atoms. The Morgan fingerprint density at radius 1 is 1.44 bits per heavy atom. The molecular formula is C15H15ClN4O3S2. The number of methoxy groups -OCH3 is 1. The molecule has 0 saturated carbocycles. The minimum atomic E-state index is -0.451. The van der Waals surface area contributed by atoms with E-state index in [-0.39, 0.29) is 5.01 Å². The normalized spacial score (nSPS) is 10.2. The third-order valence-electron chi connectivity index (χ3n) is 2.89. The highest BCUT2D eigenvalue weighted by atomic mass is 35.5. The SMILES string of the molecule is COCCOc1cc(SC)c(NC(=O)Nc2cnc(C#N)s2)cc1Cl. The molecule has 0 saturated heterocycles. The lowest BCUT2D eigenvalue weighted by atomic mass is 10.3. The molecule has 132 valence electrons. The monoisotopic (exact) mass is 398 g/mol. The van der Waals surface area contributed by atoms with Gasteiger partial charge in [-0.05, 0) is 18.4 Å². The van der Waals surface area contributed by atoms with Gasteiger partial charge in [0.25, 0.3) is 0 Å². The summed E-state index contributed by atoms with van der Waals surface area (Å²) >= 11 is 8.75. The van der Waals surface area contributed by atoms with Crippen LogP contribution in [-0.4, -0.2) is 37.6 Å². The molecule has 0 radical (unpaired) electrons. The highest BCUT2D eigenvalue weighted by Gasteiger charge is 2.13. The van der Waals surface area contributed by atoms with Crippen LogP contribution >= 0.6 is 34.7 Å². The Morgan fingerprint density at radius 3 is 2.88 bits per heavy atom. The fourth-order valence-electron chi connectivity index (χ4n) is 1.80. The predicted octanol–water partition coefficient (Wildman–Crippen LogP) is 4.06. The van der Waals surface area contributed by atoms with E-state index in [1.165, 1.54) is 18.0 Å². The number of thiazole rings is 1. The average Bonchev–Trinajstić information content (AvgIpc) is 3.04. The number of aromatic nitrogens is 1. The largest absolute Gasteiger partial charge is 0.490 e. The van der Waals surface area contributed by atoms with E-state index in [4.69, 9.17) is 26.3 Å². The number of ether oxygens (including phenoxy) is 2. The van der Waals surface area contributed by atoms with Crippen LogP contribution in [0.5, 0.6) is 5.75 Å². The van der Waals surface area contributed by atoms with Gasteiger partial charge in [0, 0.05) is 12.0 Å². The van der Waals surface area contributed by atoms with Gasteiger partial charge in [0.1, 0.15) is 23.4 Å². The fourth-order valence-corrected chi connectivity index (χ4v) is 3.18. The molecule has 1 aromatic heterocycles. The molecule has 2 amide bonds. The number of nitrogens with one attached hydrogen (secondary N) is 2. The highest BCUT2D eigenvalue weighted by molar-refractivity contribution is 7.98. The van der Waals surface area contributed by atoms with E-state index in [1.807, 2.05) is 12.3 Å². The summed E-state index contributed by atoms with van der Waals surface area (Å²) in [7, 11) is 1.59. The van der Waals surface area contributed by atoms with Gasteiger partial charge in [0.15, 0.2) is 5.01 Å². The summed E-state index contributed by atoms with van der Waals surface area (Å²) in [6.07, 6.45) is 3.31. The second-order valence-electron chi connectivity index (χ2n) is 4.54. The number of carbonyl (C=O) groups excluding carboxylic acids is 1. The van der Waals surface area contributed by atoms with E-state index >= 15 is 0 Å². The first kappa shape index (κ1) is 19.3. The summed E-state index contributed by atoms with van der Waals surface area (Å²) in [4.78, 5) is 16.8. The highest BCUT2D eigenvalue weighted by Crippen LogP contribution is 2.36. The van der Waals surface area contributed by atoms with Gasteiger partial charge < -0.3 is 14.8 Å². The Labute approximate surface area is 158 Å². The lowest BCUT2D eigenvalue weighted by Crippen LogP contribution is -2.19. The molecule has 2 rings (SSSR count). The van der Waals surface area contributed by atoms with Gasteiger partial charge in [-0.3, -0.25) is 5.32 Å². The van der Waals surface area contributed by atoms with Gasteiger partial charge >= 0.3 is 6.03 Å². The molecule has 2 N–H and O–H groups in total. The Hall–Kier alpha value is -1.99. The summed E-state index contributed by atoms with van der Waals surface area (Å²) in [6.45, 7) is 0.830. The number of nitriles is 1. The van der Waals surface area contributed by atoms with Gasteiger partial charge in [-0.2, -0.15) is 5.26 Å². The summed E-state index contributed by atoms with van der Waals surface area (Å²) in [5.74, 6) is 0.523. The van der Waals surface area contributed by atoms with Crippen molar-refractivity contribution in [3.8, 4) is 11.8 Å². The minimum Gasteiger partial charge on any atom is -0.490 e. The molecule has 0 unspecified atom stereocenters. The number of halogens is 1. The number of anilines is 2. The summed E-state index contributed by atoms with van der Waals surface area (Å²) < 4.78 is 10.5. The Morgan fingerprint density at radius 2 is 2.24 bits per heavy atom. The maximum absolute atomic E-state index is 12.1. The molecule has 0 atom stereocenters. The average molecular weight is 399 g/mol. The van der Waals surface area contributed by atoms with Crippen molar-refractivity contribution in [2.24, 2.45) is 0 Å². The van der Waals surface area contributed by atoms with Gasteiger partial charge in [0.05, 0.1) is 23.5 Å². The third kappa shape index (κ3) is 5.51. The number of benzene rings is 1. The molecule has 10 heteroatoms. The number of carbonyl (C=O) groups is 1. The van der Waals surface area contributed by atoms with Crippen LogP contribution in [0.25, 0.3) is 0 Å². The summed E-state index contributed by atoms with van der Waals surface area (Å²) in [5, 5.41) is 15.3. The smallest absolute Gasteiger partial charge is 0.324 e. The molecule has 0 aliphatic heterocycles. The third-order valence-corrected chi connectivity index (χ3v) is 4.78. The Kier molecular flexibility index (Phi) is 7.33. The first-order valence-electron chi connectivity index (χ1n) is 7.00. The van der Waals surface area contributed by atoms with Crippen molar-refractivity contribution in [1.82, 2.24) is 4.98 Å². The van der Waals surface area contributed by atoms with Gasteiger partial charge in [0.2, 0.25) is 0 Å². The second-order valence-corrected chi connectivity index (χ2v) is 6.83. The molecule has 7 nitrogen and oxygen atoms in total. The van der Waals surface area contributed by atoms with Crippen LogP contribution < -0.4 is 15.4 Å². The second kappa shape index (κ2) is 9.48. The van der Waals surface area contributed by atoms with Crippen LogP contribution in [-0.2, 0) is 4.74 Å². The van der Waals surface area contributed by atoms with Crippen molar-refractivity contribution in [2.45, 2.75) is 4.90 Å². The topological polar surface area (TPSA) is 96.3 Å². The Bertz CT molecular complexity index is 792. The summed E-state index contributed by atoms with van der Waals surface area (Å²) in [6, 6.07) is 4.85. The van der Waals surface area contributed by atoms with E-state index in [2.05, 4.69) is 15.6 Å². The molecule has 2 aromatic rings. The van der Waals surface area contributed by atoms with Crippen LogP contribution in [0.15, 0.2) is 23.2 Å². The molecule has 0 aliphatic rings. The first-order valence-corrected chi connectivity index (χ1v) is 9.42. The zero-order valence-corrected chi connectivity index (χ0v) is 15.8. The lowest BCUT2D eigenvalue weighted by molar-refractivity contribution is 0.146. The van der Waals surface area contributed by atoms with Crippen LogP contribution in [0.1, 0.15) is 5.01 Å². The van der Waals surface area contributed by atoms with Crippen molar-refractivity contribution < 1.29 is 14.3 Å². The van der Waals surface area contributed by atoms with E-state index in [9.17, 15) is 4.79 Å². The Balaban J connectivity index is 2.08. The number of rotatable bonds is 7. The lowest BCUT2D eigenvalue weighted by Gasteiger charge is -2.14. The van der Waals surface area contributed by atoms with E-state index in [0.717, 1.165) is 16.2 Å². The minimum absolute atomic E-state index is 0.278. The van der Waals surface area contributed by atoms with Gasteiger partial charge in [-0.15, -0.1) is 11.8 Å². The standard InChI is InChI=1S/C15H15ClN4O3S2/c1-22-3-4-23-11-6-12(24-2)10(5-9(11)16)19-15(21)20-14-8-18-13(7-17)25-14/h5-6,8H,3-4H2,1-2H3,(H2,19,20,21). The van der Waals surface area contributed by atoms with Crippen LogP contribution in [0.2, 0.25) is 5.02 Å². The van der Waals surface area contributed by atoms with E-state index < -0.39 is 6.03 Å². The zero-order valence-electron chi connectivity index (χ0n) is 13.5. The summed E-state index contributed by atoms with van der Waals surface area (Å²) in [5.41, 5.74) is 0.555. The van der Waals surface area contributed by atoms with Gasteiger partial charge in [-0.1, -0.05) is 22.9 Å². The van der Waals surface area contributed by atoms with Crippen molar-refractivity contribution in [3.05, 3.63) is 28.4 Å². The molecule has 0 fully saturated rings. The van der Waals surface area contributed by atoms with Gasteiger partial charge in [-0.25, -0.2) is 9.78 Å². The number of nitrogens with zero attached hydrogens (tertiary/aromatic N) is 2. The van der Waals surface area contributed by atoms with Crippen LogP contribution in [0, 0.1) is 11.3 Å².